The molecule has 0 atom stereocenters. The van der Waals surface area contributed by atoms with Crippen molar-refractivity contribution in [3.05, 3.63) is 57.7 Å². The Bertz CT molecular complexity index is 1070. The average molecular weight is 519 g/mol. The van der Waals surface area contributed by atoms with Crippen LogP contribution < -0.4 is 10.6 Å². The van der Waals surface area contributed by atoms with Gasteiger partial charge in [-0.05, 0) is 61.9 Å². The zero-order valence-corrected chi connectivity index (χ0v) is 20.8. The summed E-state index contributed by atoms with van der Waals surface area (Å²) < 4.78 is 5.22. The second-order valence-electron chi connectivity index (χ2n) is 8.79. The summed E-state index contributed by atoms with van der Waals surface area (Å²) in [7, 11) is 0. The summed E-state index contributed by atoms with van der Waals surface area (Å²) in [5.41, 5.74) is 1.11. The standard InChI is InChI=1S/C25H28Cl2N4O4/c26-16-4-10-22(28-14-16)30-23(32)11-9-19-20(2-1-3-21(19)27)25(34)29-17-5-7-18(8-6-17)31-12-13-35-15-24(31)33/h1-4,10,14,17-18H,5-9,11-13,15H2,(H,29,34)(H,28,30,32). The van der Waals surface area contributed by atoms with Gasteiger partial charge in [0.2, 0.25) is 11.8 Å². The van der Waals surface area contributed by atoms with Crippen LogP contribution in [0.5, 0.6) is 0 Å². The highest BCUT2D eigenvalue weighted by Gasteiger charge is 2.31. The molecule has 0 spiro atoms. The molecule has 0 bridgehead atoms. The van der Waals surface area contributed by atoms with E-state index in [2.05, 4.69) is 15.6 Å². The number of morpholine rings is 1. The van der Waals surface area contributed by atoms with Crippen LogP contribution in [0.4, 0.5) is 5.82 Å². The molecule has 0 unspecified atom stereocenters. The summed E-state index contributed by atoms with van der Waals surface area (Å²) in [5, 5.41) is 6.77. The number of carbonyl (C=O) groups is 3. The number of nitrogens with zero attached hydrogens (tertiary/aromatic N) is 2. The minimum Gasteiger partial charge on any atom is -0.370 e. The molecule has 2 N–H and O–H groups in total. The van der Waals surface area contributed by atoms with Crippen molar-refractivity contribution in [2.75, 3.05) is 25.1 Å². The molecule has 3 amide bonds. The number of anilines is 1. The Hall–Kier alpha value is -2.68. The molecule has 1 saturated carbocycles. The molecule has 1 aliphatic heterocycles. The van der Waals surface area contributed by atoms with Gasteiger partial charge in [0.1, 0.15) is 12.4 Å². The number of aromatic nitrogens is 1. The number of benzene rings is 1. The number of ether oxygens (including phenoxy) is 1. The number of hydrogen-bond acceptors (Lipinski definition) is 5. The maximum atomic E-state index is 13.1. The van der Waals surface area contributed by atoms with Crippen LogP contribution in [-0.2, 0) is 20.7 Å². The normalized spacial score (nSPS) is 20.4. The molecule has 2 heterocycles. The van der Waals surface area contributed by atoms with Crippen LogP contribution in [0.3, 0.4) is 0 Å². The minimum atomic E-state index is -0.234. The maximum absolute atomic E-state index is 13.1. The molecule has 2 aromatic rings. The van der Waals surface area contributed by atoms with Crippen molar-refractivity contribution in [2.45, 2.75) is 50.6 Å². The van der Waals surface area contributed by atoms with Gasteiger partial charge in [0.25, 0.3) is 5.91 Å². The van der Waals surface area contributed by atoms with Crippen LogP contribution in [0.25, 0.3) is 0 Å². The van der Waals surface area contributed by atoms with Crippen LogP contribution in [0.2, 0.25) is 10.0 Å². The van der Waals surface area contributed by atoms with Gasteiger partial charge >= 0.3 is 0 Å². The van der Waals surface area contributed by atoms with Crippen LogP contribution in [-0.4, -0.2) is 59.4 Å². The van der Waals surface area contributed by atoms with Crippen molar-refractivity contribution in [1.29, 1.82) is 0 Å². The molecule has 4 rings (SSSR count). The predicted octanol–water partition coefficient (Wildman–Crippen LogP) is 3.86. The number of carbonyl (C=O) groups excluding carboxylic acids is 3. The lowest BCUT2D eigenvalue weighted by atomic mass is 9.89. The fourth-order valence-corrected chi connectivity index (χ4v) is 5.01. The molecule has 1 saturated heterocycles. The quantitative estimate of drug-likeness (QED) is 0.579. The summed E-state index contributed by atoms with van der Waals surface area (Å²) in [4.78, 5) is 43.6. The Morgan fingerprint density at radius 3 is 2.63 bits per heavy atom. The summed E-state index contributed by atoms with van der Waals surface area (Å²) >= 11 is 12.2. The topological polar surface area (TPSA) is 101 Å². The molecule has 35 heavy (non-hydrogen) atoms. The lowest BCUT2D eigenvalue weighted by Gasteiger charge is -2.38. The van der Waals surface area contributed by atoms with Gasteiger partial charge in [-0.2, -0.15) is 0 Å². The predicted molar refractivity (Wildman–Crippen MR) is 134 cm³/mol. The monoisotopic (exact) mass is 518 g/mol. The van der Waals surface area contributed by atoms with Crippen molar-refractivity contribution in [1.82, 2.24) is 15.2 Å². The molecular formula is C25H28Cl2N4O4. The van der Waals surface area contributed by atoms with Gasteiger partial charge in [-0.25, -0.2) is 4.98 Å². The van der Waals surface area contributed by atoms with Gasteiger partial charge in [0, 0.05) is 41.8 Å². The van der Waals surface area contributed by atoms with Gasteiger partial charge in [-0.15, -0.1) is 0 Å². The zero-order chi connectivity index (χ0) is 24.8. The Balaban J connectivity index is 1.32. The molecular weight excluding hydrogens is 491 g/mol. The third kappa shape index (κ3) is 6.72. The SMILES string of the molecule is O=C(CCc1c(Cl)cccc1C(=O)NC1CCC(N2CCOCC2=O)CC1)Nc1ccc(Cl)cn1. The minimum absolute atomic E-state index is 0.0287. The first kappa shape index (κ1) is 25.4. The van der Waals surface area contributed by atoms with Crippen molar-refractivity contribution < 1.29 is 19.1 Å². The smallest absolute Gasteiger partial charge is 0.251 e. The van der Waals surface area contributed by atoms with Crippen molar-refractivity contribution in [2.24, 2.45) is 0 Å². The summed E-state index contributed by atoms with van der Waals surface area (Å²) in [6, 6.07) is 8.69. The molecule has 0 radical (unpaired) electrons. The first-order valence-electron chi connectivity index (χ1n) is 11.8. The van der Waals surface area contributed by atoms with Crippen LogP contribution in [0.15, 0.2) is 36.5 Å². The Kier molecular flexibility index (Phi) is 8.59. The third-order valence-corrected chi connectivity index (χ3v) is 7.03. The van der Waals surface area contributed by atoms with Crippen LogP contribution >= 0.6 is 23.2 Å². The lowest BCUT2D eigenvalue weighted by Crippen LogP contribution is -2.50. The van der Waals surface area contributed by atoms with E-state index in [1.165, 1.54) is 6.20 Å². The van der Waals surface area contributed by atoms with Crippen LogP contribution in [0, 0.1) is 0 Å². The van der Waals surface area contributed by atoms with E-state index in [0.717, 1.165) is 25.7 Å². The van der Waals surface area contributed by atoms with E-state index in [9.17, 15) is 14.4 Å². The molecule has 186 valence electrons. The highest BCUT2D eigenvalue weighted by molar-refractivity contribution is 6.32. The molecule has 2 aliphatic rings. The van der Waals surface area contributed by atoms with E-state index < -0.39 is 0 Å². The zero-order valence-electron chi connectivity index (χ0n) is 19.3. The largest absolute Gasteiger partial charge is 0.370 e. The number of amides is 3. The fourth-order valence-electron chi connectivity index (χ4n) is 4.63. The second kappa shape index (κ2) is 11.8. The third-order valence-electron chi connectivity index (χ3n) is 6.46. The van der Waals surface area contributed by atoms with E-state index in [-0.39, 0.29) is 42.8 Å². The summed E-state index contributed by atoms with van der Waals surface area (Å²) in [6.07, 6.45) is 5.21. The van der Waals surface area contributed by atoms with Gasteiger partial charge in [-0.3, -0.25) is 14.4 Å². The van der Waals surface area contributed by atoms with Gasteiger partial charge in [0.15, 0.2) is 0 Å². The molecule has 1 aromatic carbocycles. The average Bonchev–Trinajstić information content (AvgIpc) is 2.85. The van der Waals surface area contributed by atoms with Gasteiger partial charge < -0.3 is 20.3 Å². The molecule has 2 fully saturated rings. The number of pyridine rings is 1. The first-order chi connectivity index (χ1) is 16.9. The van der Waals surface area contributed by atoms with Crippen molar-refractivity contribution >= 4 is 46.7 Å². The Morgan fingerprint density at radius 1 is 1.11 bits per heavy atom. The maximum Gasteiger partial charge on any atom is 0.251 e. The number of nitrogens with one attached hydrogen (secondary N) is 2. The molecule has 1 aliphatic carbocycles. The van der Waals surface area contributed by atoms with Gasteiger partial charge in [-0.1, -0.05) is 29.3 Å². The summed E-state index contributed by atoms with van der Waals surface area (Å²) in [5.74, 6) is 0.0179. The first-order valence-corrected chi connectivity index (χ1v) is 12.5. The molecule has 1 aromatic heterocycles. The lowest BCUT2D eigenvalue weighted by molar-refractivity contribution is -0.146. The van der Waals surface area contributed by atoms with E-state index >= 15 is 0 Å². The molecule has 8 nitrogen and oxygen atoms in total. The van der Waals surface area contributed by atoms with E-state index in [0.29, 0.717) is 46.6 Å². The number of halogens is 2. The van der Waals surface area contributed by atoms with Crippen LogP contribution in [0.1, 0.15) is 48.0 Å². The van der Waals surface area contributed by atoms with E-state index in [1.54, 1.807) is 30.3 Å². The highest BCUT2D eigenvalue weighted by atomic mass is 35.5. The summed E-state index contributed by atoms with van der Waals surface area (Å²) in [6.45, 7) is 1.37. The van der Waals surface area contributed by atoms with Crippen molar-refractivity contribution in [3.63, 3.8) is 0 Å². The van der Waals surface area contributed by atoms with Crippen molar-refractivity contribution in [3.8, 4) is 0 Å². The fraction of sp³-hybridized carbons (Fsp3) is 0.440. The Morgan fingerprint density at radius 2 is 1.91 bits per heavy atom. The Labute approximate surface area is 214 Å². The highest BCUT2D eigenvalue weighted by Crippen LogP contribution is 2.26. The number of hydrogen-bond donors (Lipinski definition) is 2. The van der Waals surface area contributed by atoms with E-state index in [1.807, 2.05) is 4.90 Å². The number of rotatable bonds is 7. The van der Waals surface area contributed by atoms with E-state index in [4.69, 9.17) is 27.9 Å². The van der Waals surface area contributed by atoms with Gasteiger partial charge in [0.05, 0.1) is 11.6 Å². The second-order valence-corrected chi connectivity index (χ2v) is 9.64. The molecule has 10 heteroatoms.